The lowest BCUT2D eigenvalue weighted by atomic mass is 10.3. The van der Waals surface area contributed by atoms with Gasteiger partial charge in [-0.05, 0) is 36.7 Å². The minimum Gasteiger partial charge on any atom is -0.322 e. The van der Waals surface area contributed by atoms with Gasteiger partial charge in [0.2, 0.25) is 5.91 Å². The fraction of sp³-hybridized carbons (Fsp3) is 0.412. The maximum absolute atomic E-state index is 13.0. The Morgan fingerprint density at radius 2 is 1.93 bits per heavy atom. The molecule has 3 aromatic heterocycles. The smallest absolute Gasteiger partial charge is 0.322 e. The van der Waals surface area contributed by atoms with Crippen LogP contribution in [-0.2, 0) is 24.1 Å². The van der Waals surface area contributed by atoms with Gasteiger partial charge in [0.25, 0.3) is 0 Å². The van der Waals surface area contributed by atoms with E-state index in [2.05, 4.69) is 36.5 Å². The summed E-state index contributed by atoms with van der Waals surface area (Å²) < 4.78 is 43.4. The molecule has 0 saturated heterocycles. The van der Waals surface area contributed by atoms with Gasteiger partial charge in [-0.25, -0.2) is 0 Å². The van der Waals surface area contributed by atoms with E-state index in [4.69, 9.17) is 0 Å². The molecule has 1 N–H and O–H groups in total. The van der Waals surface area contributed by atoms with Crippen LogP contribution in [0.3, 0.4) is 0 Å². The largest absolute Gasteiger partial charge is 0.436 e. The topological polar surface area (TPSA) is 82.6 Å². The zero-order chi connectivity index (χ0) is 21.3. The van der Waals surface area contributed by atoms with Gasteiger partial charge in [-0.15, -0.1) is 0 Å². The monoisotopic (exact) mass is 473 g/mol. The average molecular weight is 474 g/mol. The van der Waals surface area contributed by atoms with E-state index in [0.717, 1.165) is 16.8 Å². The van der Waals surface area contributed by atoms with Crippen molar-refractivity contribution in [1.82, 2.24) is 29.3 Å². The lowest BCUT2D eigenvalue weighted by molar-refractivity contribution is -0.142. The van der Waals surface area contributed by atoms with Gasteiger partial charge in [-0.3, -0.25) is 18.8 Å². The lowest BCUT2D eigenvalue weighted by Gasteiger charge is -2.13. The van der Waals surface area contributed by atoms with E-state index in [0.29, 0.717) is 12.2 Å². The van der Waals surface area contributed by atoms with Crippen molar-refractivity contribution < 1.29 is 18.0 Å². The molecule has 0 saturated carbocycles. The fourth-order valence-corrected chi connectivity index (χ4v) is 3.26. The molecule has 29 heavy (non-hydrogen) atoms. The van der Waals surface area contributed by atoms with Crippen LogP contribution in [0.15, 0.2) is 29.3 Å². The Hall–Kier alpha value is -2.63. The van der Waals surface area contributed by atoms with E-state index in [-0.39, 0.29) is 10.2 Å². The van der Waals surface area contributed by atoms with Crippen LogP contribution in [0, 0.1) is 6.92 Å². The van der Waals surface area contributed by atoms with Crippen LogP contribution in [0.2, 0.25) is 0 Å². The zero-order valence-corrected chi connectivity index (χ0v) is 17.5. The molecule has 8 nitrogen and oxygen atoms in total. The van der Waals surface area contributed by atoms with Gasteiger partial charge >= 0.3 is 6.18 Å². The van der Waals surface area contributed by atoms with Crippen LogP contribution in [0.4, 0.5) is 18.9 Å². The highest BCUT2D eigenvalue weighted by molar-refractivity contribution is 9.10. The van der Waals surface area contributed by atoms with Gasteiger partial charge < -0.3 is 5.32 Å². The average Bonchev–Trinajstić information content (AvgIpc) is 3.35. The minimum atomic E-state index is -4.61. The van der Waals surface area contributed by atoms with Crippen molar-refractivity contribution in [2.45, 2.75) is 46.1 Å². The number of aryl methyl sites for hydroxylation is 1. The first-order valence-electron chi connectivity index (χ1n) is 8.76. The third-order valence-corrected chi connectivity index (χ3v) is 5.30. The lowest BCUT2D eigenvalue weighted by Crippen LogP contribution is -2.25. The van der Waals surface area contributed by atoms with Crippen LogP contribution in [0.1, 0.15) is 36.8 Å². The molecule has 1 unspecified atom stereocenters. The summed E-state index contributed by atoms with van der Waals surface area (Å²) in [7, 11) is 0. The third-order valence-electron chi connectivity index (χ3n) is 4.35. The Kier molecular flexibility index (Phi) is 5.82. The summed E-state index contributed by atoms with van der Waals surface area (Å²) in [5.41, 5.74) is 0.543. The van der Waals surface area contributed by atoms with E-state index < -0.39 is 23.8 Å². The second kappa shape index (κ2) is 8.01. The van der Waals surface area contributed by atoms with Gasteiger partial charge in [-0.1, -0.05) is 0 Å². The summed E-state index contributed by atoms with van der Waals surface area (Å²) in [5.74, 6) is -0.504. The molecule has 0 aliphatic rings. The molecule has 0 bridgehead atoms. The minimum absolute atomic E-state index is 0.176. The normalized spacial score (nSPS) is 12.9. The number of rotatable bonds is 6. The highest BCUT2D eigenvalue weighted by Crippen LogP contribution is 2.36. The number of halogens is 4. The van der Waals surface area contributed by atoms with E-state index in [1.807, 2.05) is 13.1 Å². The van der Waals surface area contributed by atoms with E-state index >= 15 is 0 Å². The third kappa shape index (κ3) is 4.52. The van der Waals surface area contributed by atoms with Crippen molar-refractivity contribution in [3.63, 3.8) is 0 Å². The first-order chi connectivity index (χ1) is 13.6. The van der Waals surface area contributed by atoms with Crippen molar-refractivity contribution in [1.29, 1.82) is 0 Å². The number of anilines is 1. The highest BCUT2D eigenvalue weighted by atomic mass is 79.9. The second-order valence-corrected chi connectivity index (χ2v) is 7.28. The van der Waals surface area contributed by atoms with E-state index in [1.165, 1.54) is 20.0 Å². The fourth-order valence-electron chi connectivity index (χ4n) is 2.78. The molecule has 156 valence electrons. The van der Waals surface area contributed by atoms with Crippen molar-refractivity contribution >= 4 is 27.5 Å². The SMILES string of the molecule is CCn1cc(Cn2cc(NC(=O)C(C)n3nc(C(F)(F)F)c(Br)c3C)cn2)cn1. The summed E-state index contributed by atoms with van der Waals surface area (Å²) in [6, 6.07) is -0.950. The summed E-state index contributed by atoms with van der Waals surface area (Å²) in [4.78, 5) is 12.5. The van der Waals surface area contributed by atoms with Crippen molar-refractivity contribution in [3.8, 4) is 0 Å². The number of alkyl halides is 3. The number of nitrogens with one attached hydrogen (secondary N) is 1. The van der Waals surface area contributed by atoms with Crippen LogP contribution in [0.5, 0.6) is 0 Å². The molecule has 0 radical (unpaired) electrons. The number of carbonyl (C=O) groups excluding carboxylic acids is 1. The molecule has 0 fully saturated rings. The van der Waals surface area contributed by atoms with E-state index in [9.17, 15) is 18.0 Å². The summed E-state index contributed by atoms with van der Waals surface area (Å²) in [6.45, 7) is 6.16. The van der Waals surface area contributed by atoms with Crippen molar-refractivity contribution in [3.05, 3.63) is 46.2 Å². The molecular weight excluding hydrogens is 455 g/mol. The van der Waals surface area contributed by atoms with Gasteiger partial charge in [0.05, 0.1) is 34.8 Å². The summed E-state index contributed by atoms with van der Waals surface area (Å²) in [6.07, 6.45) is 2.14. The molecule has 0 spiro atoms. The Bertz CT molecular complexity index is 1020. The van der Waals surface area contributed by atoms with E-state index in [1.54, 1.807) is 21.8 Å². The second-order valence-electron chi connectivity index (χ2n) is 6.49. The highest BCUT2D eigenvalue weighted by Gasteiger charge is 2.39. The first-order valence-corrected chi connectivity index (χ1v) is 9.56. The van der Waals surface area contributed by atoms with Crippen LogP contribution in [0.25, 0.3) is 0 Å². The molecule has 3 aromatic rings. The molecule has 0 aromatic carbocycles. The zero-order valence-electron chi connectivity index (χ0n) is 15.9. The number of hydrogen-bond acceptors (Lipinski definition) is 4. The molecule has 3 heterocycles. The van der Waals surface area contributed by atoms with Crippen LogP contribution in [-0.4, -0.2) is 35.2 Å². The standard InChI is InChI=1S/C17H19BrF3N7O/c1-4-26-7-12(5-22-26)8-27-9-13(6-23-27)24-16(29)11(3)28-10(2)14(18)15(25-28)17(19,20)21/h5-7,9,11H,4,8H2,1-3H3,(H,24,29). The predicted molar refractivity (Wildman–Crippen MR) is 102 cm³/mol. The maximum Gasteiger partial charge on any atom is 0.436 e. The molecule has 1 amide bonds. The number of nitrogens with zero attached hydrogens (tertiary/aromatic N) is 6. The van der Waals surface area contributed by atoms with Gasteiger partial charge in [0.1, 0.15) is 6.04 Å². The number of aromatic nitrogens is 6. The number of amides is 1. The molecule has 1 atom stereocenters. The van der Waals surface area contributed by atoms with Gasteiger partial charge in [0.15, 0.2) is 5.69 Å². The molecule has 3 rings (SSSR count). The maximum atomic E-state index is 13.0. The Morgan fingerprint density at radius 3 is 2.52 bits per heavy atom. The van der Waals surface area contributed by atoms with Crippen LogP contribution < -0.4 is 5.32 Å². The first kappa shape index (κ1) is 21.1. The predicted octanol–water partition coefficient (Wildman–Crippen LogP) is 3.63. The Balaban J connectivity index is 1.70. The summed E-state index contributed by atoms with van der Waals surface area (Å²) >= 11 is 2.91. The van der Waals surface area contributed by atoms with Gasteiger partial charge in [0, 0.05) is 24.5 Å². The van der Waals surface area contributed by atoms with Crippen LogP contribution >= 0.6 is 15.9 Å². The quantitative estimate of drug-likeness (QED) is 0.592. The Morgan fingerprint density at radius 1 is 1.24 bits per heavy atom. The summed E-state index contributed by atoms with van der Waals surface area (Å²) in [5, 5.41) is 14.6. The molecule has 12 heteroatoms. The molecule has 0 aliphatic carbocycles. The Labute approximate surface area is 172 Å². The number of hydrogen-bond donors (Lipinski definition) is 1. The van der Waals surface area contributed by atoms with Crippen molar-refractivity contribution in [2.24, 2.45) is 0 Å². The van der Waals surface area contributed by atoms with Crippen molar-refractivity contribution in [2.75, 3.05) is 5.32 Å². The molecular formula is C17H19BrF3N7O. The van der Waals surface area contributed by atoms with Gasteiger partial charge in [-0.2, -0.15) is 28.5 Å². The number of carbonyl (C=O) groups is 1. The molecule has 0 aliphatic heterocycles.